The molecule has 1 heterocycles. The molecule has 0 unspecified atom stereocenters. The molecule has 0 bridgehead atoms. The maximum Gasteiger partial charge on any atom is 0.0650 e. The number of rotatable bonds is 1. The Morgan fingerprint density at radius 2 is 2.15 bits per heavy atom. The van der Waals surface area contributed by atoms with Gasteiger partial charge in [0, 0.05) is 21.7 Å². The van der Waals surface area contributed by atoms with E-state index in [0.717, 1.165) is 12.5 Å². The highest BCUT2D eigenvalue weighted by Crippen LogP contribution is 2.37. The van der Waals surface area contributed by atoms with Crippen molar-refractivity contribution in [3.63, 3.8) is 0 Å². The average molecular weight is 236 g/mol. The fourth-order valence-electron chi connectivity index (χ4n) is 1.90. The molecule has 2 aliphatic rings. The van der Waals surface area contributed by atoms with E-state index in [1.807, 2.05) is 0 Å². The summed E-state index contributed by atoms with van der Waals surface area (Å²) >= 11 is 3.49. The summed E-state index contributed by atoms with van der Waals surface area (Å²) in [4.78, 5) is 4.60. The summed E-state index contributed by atoms with van der Waals surface area (Å²) in [6, 6.07) is 6.50. The van der Waals surface area contributed by atoms with Gasteiger partial charge in [-0.3, -0.25) is 4.99 Å². The number of fused-ring (bicyclic) bond motifs is 1. The third-order valence-corrected chi connectivity index (χ3v) is 3.22. The Kier molecular flexibility index (Phi) is 1.59. The number of benzene rings is 1. The fourth-order valence-corrected chi connectivity index (χ4v) is 2.31. The zero-order valence-corrected chi connectivity index (χ0v) is 8.84. The molecule has 1 aliphatic heterocycles. The second kappa shape index (κ2) is 2.68. The minimum Gasteiger partial charge on any atom is -0.284 e. The molecule has 0 amide bonds. The summed E-state index contributed by atoms with van der Waals surface area (Å²) in [6.45, 7) is 0.889. The first kappa shape index (κ1) is 7.74. The van der Waals surface area contributed by atoms with E-state index in [-0.39, 0.29) is 0 Å². The van der Waals surface area contributed by atoms with E-state index in [9.17, 15) is 0 Å². The third-order valence-electron chi connectivity index (χ3n) is 2.73. The molecule has 0 aromatic heterocycles. The molecule has 1 aromatic rings. The lowest BCUT2D eigenvalue weighted by Crippen LogP contribution is -1.99. The maximum absolute atomic E-state index is 4.60. The van der Waals surface area contributed by atoms with E-state index in [4.69, 9.17) is 0 Å². The van der Waals surface area contributed by atoms with Gasteiger partial charge in [-0.25, -0.2) is 0 Å². The van der Waals surface area contributed by atoms with Crippen molar-refractivity contribution in [3.05, 3.63) is 33.8 Å². The second-order valence-electron chi connectivity index (χ2n) is 3.78. The van der Waals surface area contributed by atoms with Crippen molar-refractivity contribution in [2.45, 2.75) is 19.4 Å². The largest absolute Gasteiger partial charge is 0.284 e. The lowest BCUT2D eigenvalue weighted by Gasteiger charge is -2.01. The van der Waals surface area contributed by atoms with Crippen LogP contribution in [0.5, 0.6) is 0 Å². The Balaban J connectivity index is 2.07. The van der Waals surface area contributed by atoms with Crippen molar-refractivity contribution in [2.24, 2.45) is 10.9 Å². The zero-order valence-electron chi connectivity index (χ0n) is 7.26. The van der Waals surface area contributed by atoms with E-state index >= 15 is 0 Å². The van der Waals surface area contributed by atoms with Crippen molar-refractivity contribution in [1.29, 1.82) is 0 Å². The van der Waals surface area contributed by atoms with Gasteiger partial charge >= 0.3 is 0 Å². The maximum atomic E-state index is 4.60. The Labute approximate surface area is 86.0 Å². The van der Waals surface area contributed by atoms with Crippen LogP contribution in [0.15, 0.2) is 27.7 Å². The van der Waals surface area contributed by atoms with Gasteiger partial charge < -0.3 is 0 Å². The Morgan fingerprint density at radius 1 is 1.31 bits per heavy atom. The van der Waals surface area contributed by atoms with Gasteiger partial charge in [-0.05, 0) is 30.5 Å². The van der Waals surface area contributed by atoms with Gasteiger partial charge in [0.2, 0.25) is 0 Å². The molecule has 66 valence electrons. The highest BCUT2D eigenvalue weighted by molar-refractivity contribution is 9.10. The summed E-state index contributed by atoms with van der Waals surface area (Å²) in [5.74, 6) is 0.780. The molecule has 1 saturated carbocycles. The first-order valence-corrected chi connectivity index (χ1v) is 5.47. The highest BCUT2D eigenvalue weighted by Gasteiger charge is 2.31. The van der Waals surface area contributed by atoms with Gasteiger partial charge in [-0.1, -0.05) is 22.0 Å². The second-order valence-corrected chi connectivity index (χ2v) is 4.69. The molecular formula is C11H10BrN. The van der Waals surface area contributed by atoms with Crippen molar-refractivity contribution < 1.29 is 0 Å². The minimum absolute atomic E-state index is 0.780. The SMILES string of the molecule is Brc1ccc2c(c1)CN=C2C1CC1. The predicted octanol–water partition coefficient (Wildman–Crippen LogP) is 3.16. The van der Waals surface area contributed by atoms with Gasteiger partial charge in [0.1, 0.15) is 0 Å². The highest BCUT2D eigenvalue weighted by atomic mass is 79.9. The Morgan fingerprint density at radius 3 is 2.92 bits per heavy atom. The van der Waals surface area contributed by atoms with Gasteiger partial charge in [0.15, 0.2) is 0 Å². The fraction of sp³-hybridized carbons (Fsp3) is 0.364. The van der Waals surface area contributed by atoms with Gasteiger partial charge in [-0.2, -0.15) is 0 Å². The van der Waals surface area contributed by atoms with Crippen molar-refractivity contribution in [2.75, 3.05) is 0 Å². The van der Waals surface area contributed by atoms with E-state index in [1.165, 1.54) is 34.2 Å². The molecule has 1 aromatic carbocycles. The summed E-state index contributed by atoms with van der Waals surface area (Å²) < 4.78 is 1.17. The summed E-state index contributed by atoms with van der Waals surface area (Å²) in [5.41, 5.74) is 4.14. The monoisotopic (exact) mass is 235 g/mol. The smallest absolute Gasteiger partial charge is 0.0650 e. The van der Waals surface area contributed by atoms with Crippen molar-refractivity contribution >= 4 is 21.6 Å². The zero-order chi connectivity index (χ0) is 8.84. The summed E-state index contributed by atoms with van der Waals surface area (Å²) in [7, 11) is 0. The Bertz CT molecular complexity index is 391. The lowest BCUT2D eigenvalue weighted by molar-refractivity contribution is 1.08. The number of nitrogens with zero attached hydrogens (tertiary/aromatic N) is 1. The molecule has 1 aliphatic carbocycles. The summed E-state index contributed by atoms with van der Waals surface area (Å²) in [5, 5.41) is 0. The third kappa shape index (κ3) is 1.24. The molecule has 2 heteroatoms. The molecule has 0 saturated heterocycles. The summed E-state index contributed by atoms with van der Waals surface area (Å²) in [6.07, 6.45) is 2.68. The number of hydrogen-bond acceptors (Lipinski definition) is 1. The number of aliphatic imine (C=N–C) groups is 1. The normalized spacial score (nSPS) is 19.9. The molecule has 1 nitrogen and oxygen atoms in total. The number of hydrogen-bond donors (Lipinski definition) is 0. The van der Waals surface area contributed by atoms with Crippen molar-refractivity contribution in [1.82, 2.24) is 0 Å². The van der Waals surface area contributed by atoms with Crippen LogP contribution in [0.1, 0.15) is 24.0 Å². The van der Waals surface area contributed by atoms with Gasteiger partial charge in [0.25, 0.3) is 0 Å². The molecule has 0 radical (unpaired) electrons. The topological polar surface area (TPSA) is 12.4 Å². The van der Waals surface area contributed by atoms with Crippen LogP contribution in [0.4, 0.5) is 0 Å². The van der Waals surface area contributed by atoms with E-state index in [1.54, 1.807) is 0 Å². The van der Waals surface area contributed by atoms with E-state index in [2.05, 4.69) is 39.1 Å². The van der Waals surface area contributed by atoms with Crippen LogP contribution < -0.4 is 0 Å². The van der Waals surface area contributed by atoms with Crippen LogP contribution in [0, 0.1) is 5.92 Å². The van der Waals surface area contributed by atoms with Crippen molar-refractivity contribution in [3.8, 4) is 0 Å². The van der Waals surface area contributed by atoms with Gasteiger partial charge in [-0.15, -0.1) is 0 Å². The minimum atomic E-state index is 0.780. The average Bonchev–Trinajstić information content (AvgIpc) is 2.87. The first-order valence-electron chi connectivity index (χ1n) is 4.68. The molecule has 0 N–H and O–H groups in total. The van der Waals surface area contributed by atoms with Crippen LogP contribution in [0.3, 0.4) is 0 Å². The molecule has 13 heavy (non-hydrogen) atoms. The van der Waals surface area contributed by atoms with Crippen LogP contribution >= 0.6 is 15.9 Å². The van der Waals surface area contributed by atoms with E-state index in [0.29, 0.717) is 0 Å². The molecule has 1 fully saturated rings. The molecule has 0 atom stereocenters. The van der Waals surface area contributed by atoms with Crippen LogP contribution in [0.25, 0.3) is 0 Å². The standard InChI is InChI=1S/C11H10BrN/c12-9-3-4-10-8(5-9)6-13-11(10)7-1-2-7/h3-5,7H,1-2,6H2. The van der Waals surface area contributed by atoms with E-state index < -0.39 is 0 Å². The Hall–Kier alpha value is -0.630. The lowest BCUT2D eigenvalue weighted by atomic mass is 10.0. The van der Waals surface area contributed by atoms with Gasteiger partial charge in [0.05, 0.1) is 6.54 Å². The van der Waals surface area contributed by atoms with Crippen LogP contribution in [-0.4, -0.2) is 5.71 Å². The molecule has 3 rings (SSSR count). The van der Waals surface area contributed by atoms with Crippen LogP contribution in [-0.2, 0) is 6.54 Å². The first-order chi connectivity index (χ1) is 6.34. The van der Waals surface area contributed by atoms with Crippen LogP contribution in [0.2, 0.25) is 0 Å². The predicted molar refractivity (Wildman–Crippen MR) is 57.1 cm³/mol. The quantitative estimate of drug-likeness (QED) is 0.710. The molecular weight excluding hydrogens is 226 g/mol. The number of halogens is 1. The molecule has 0 spiro atoms.